The van der Waals surface area contributed by atoms with Crippen LogP contribution >= 0.6 is 0 Å². The molecule has 0 amide bonds. The highest BCUT2D eigenvalue weighted by Gasteiger charge is 2.49. The van der Waals surface area contributed by atoms with E-state index in [-0.39, 0.29) is 6.42 Å². The van der Waals surface area contributed by atoms with Crippen LogP contribution in [0.15, 0.2) is 0 Å². The molecule has 2 atom stereocenters. The van der Waals surface area contributed by atoms with Crippen molar-refractivity contribution in [1.29, 1.82) is 0 Å². The Balaban J connectivity index is 4.70. The van der Waals surface area contributed by atoms with Crippen LogP contribution in [-0.2, 0) is 0 Å². The third-order valence-corrected chi connectivity index (χ3v) is 2.15. The van der Waals surface area contributed by atoms with Crippen LogP contribution in [-0.4, -0.2) is 33.1 Å². The third-order valence-electron chi connectivity index (χ3n) is 2.15. The fourth-order valence-electron chi connectivity index (χ4n) is 1.13. The summed E-state index contributed by atoms with van der Waals surface area (Å²) in [6.07, 6.45) is -0.555. The number of rotatable bonds is 6. The lowest BCUT2D eigenvalue weighted by Crippen LogP contribution is -2.51. The van der Waals surface area contributed by atoms with E-state index >= 15 is 0 Å². The van der Waals surface area contributed by atoms with Crippen LogP contribution in [0.25, 0.3) is 0 Å². The van der Waals surface area contributed by atoms with Crippen LogP contribution in [0.2, 0.25) is 0 Å². The zero-order valence-electron chi connectivity index (χ0n) is 8.17. The van der Waals surface area contributed by atoms with Crippen LogP contribution in [0.1, 0.15) is 26.7 Å². The molecule has 0 aliphatic carbocycles. The number of aliphatic hydroxyl groups is 1. The van der Waals surface area contributed by atoms with E-state index in [1.807, 2.05) is 0 Å². The highest BCUT2D eigenvalue weighted by Crippen LogP contribution is 2.19. The topological polar surface area (TPSA) is 107 Å². The fourth-order valence-corrected chi connectivity index (χ4v) is 1.13. The van der Waals surface area contributed by atoms with Gasteiger partial charge in [0.05, 0.1) is 0 Å². The molecule has 0 fully saturated rings. The van der Waals surface area contributed by atoms with E-state index in [1.54, 1.807) is 6.92 Å². The van der Waals surface area contributed by atoms with E-state index in [4.69, 9.17) is 0 Å². The Bertz CT molecular complexity index is 232. The normalized spacial score (nSPS) is 17.1. The van der Waals surface area contributed by atoms with Gasteiger partial charge in [0, 0.05) is 16.8 Å². The molecule has 0 radical (unpaired) electrons. The van der Waals surface area contributed by atoms with Crippen LogP contribution in [0, 0.1) is 20.2 Å². The van der Waals surface area contributed by atoms with Gasteiger partial charge in [-0.15, -0.1) is 0 Å². The van der Waals surface area contributed by atoms with Gasteiger partial charge < -0.3 is 5.11 Å². The summed E-state index contributed by atoms with van der Waals surface area (Å²) in [4.78, 5) is 19.3. The Morgan fingerprint density at radius 1 is 1.43 bits per heavy atom. The second-order valence-corrected chi connectivity index (χ2v) is 3.41. The number of hydrogen-bond donors (Lipinski definition) is 1. The van der Waals surface area contributed by atoms with Crippen molar-refractivity contribution in [3.8, 4) is 0 Å². The summed E-state index contributed by atoms with van der Waals surface area (Å²) in [7, 11) is 0. The molecule has 0 saturated heterocycles. The van der Waals surface area contributed by atoms with Gasteiger partial charge in [-0.3, -0.25) is 20.2 Å². The summed E-state index contributed by atoms with van der Waals surface area (Å²) in [6.45, 7) is 1.98. The number of nitro groups is 2. The molecule has 0 rings (SSSR count). The van der Waals surface area contributed by atoms with Gasteiger partial charge >= 0.3 is 5.54 Å². The SMILES string of the molecule is CCCC(O)C(C)(C[N+](=O)[O-])[N+](=O)[O-]. The van der Waals surface area contributed by atoms with Crippen molar-refractivity contribution in [1.82, 2.24) is 0 Å². The summed E-state index contributed by atoms with van der Waals surface area (Å²) >= 11 is 0. The molecule has 14 heavy (non-hydrogen) atoms. The summed E-state index contributed by atoms with van der Waals surface area (Å²) in [6, 6.07) is 0. The highest BCUT2D eigenvalue weighted by atomic mass is 16.6. The van der Waals surface area contributed by atoms with Crippen LogP contribution < -0.4 is 0 Å². The molecule has 0 aromatic carbocycles. The van der Waals surface area contributed by atoms with E-state index in [1.165, 1.54) is 0 Å². The largest absolute Gasteiger partial charge is 0.385 e. The maximum atomic E-state index is 10.6. The Hall–Kier alpha value is -1.24. The molecule has 2 unspecified atom stereocenters. The molecule has 0 aromatic rings. The average Bonchev–Trinajstić information content (AvgIpc) is 2.02. The average molecular weight is 206 g/mol. The first kappa shape index (κ1) is 12.8. The van der Waals surface area contributed by atoms with Crippen molar-refractivity contribution >= 4 is 0 Å². The lowest BCUT2D eigenvalue weighted by molar-refractivity contribution is -0.632. The quantitative estimate of drug-likeness (QED) is 0.501. The van der Waals surface area contributed by atoms with Crippen LogP contribution in [0.4, 0.5) is 0 Å². The van der Waals surface area contributed by atoms with Gasteiger partial charge in [-0.25, -0.2) is 0 Å². The Labute approximate surface area is 81.0 Å². The van der Waals surface area contributed by atoms with Gasteiger partial charge in [0.2, 0.25) is 0 Å². The standard InChI is InChI=1S/C7H14N2O5/c1-3-4-6(10)7(2,9(13)14)5-8(11)12/h6,10H,3-5H2,1-2H3. The summed E-state index contributed by atoms with van der Waals surface area (Å²) < 4.78 is 0. The molecule has 0 spiro atoms. The molecule has 1 N–H and O–H groups in total. The van der Waals surface area contributed by atoms with Gasteiger partial charge in [-0.2, -0.15) is 0 Å². The second-order valence-electron chi connectivity index (χ2n) is 3.41. The predicted octanol–water partition coefficient (Wildman–Crippen LogP) is 0.459. The Morgan fingerprint density at radius 3 is 2.21 bits per heavy atom. The zero-order valence-corrected chi connectivity index (χ0v) is 8.17. The molecular weight excluding hydrogens is 192 g/mol. The van der Waals surface area contributed by atoms with Crippen LogP contribution in [0.5, 0.6) is 0 Å². The van der Waals surface area contributed by atoms with Crippen molar-refractivity contribution in [2.45, 2.75) is 38.3 Å². The van der Waals surface area contributed by atoms with Crippen LogP contribution in [0.3, 0.4) is 0 Å². The maximum Gasteiger partial charge on any atom is 0.307 e. The molecule has 82 valence electrons. The van der Waals surface area contributed by atoms with Crippen molar-refractivity contribution in [3.63, 3.8) is 0 Å². The first-order valence-electron chi connectivity index (χ1n) is 4.29. The maximum absolute atomic E-state index is 10.6. The first-order chi connectivity index (χ1) is 6.34. The minimum absolute atomic E-state index is 0.186. The summed E-state index contributed by atoms with van der Waals surface area (Å²) in [5.74, 6) is 0. The Morgan fingerprint density at radius 2 is 1.93 bits per heavy atom. The molecule has 0 heterocycles. The molecule has 7 heteroatoms. The van der Waals surface area contributed by atoms with Crippen molar-refractivity contribution in [2.24, 2.45) is 0 Å². The lowest BCUT2D eigenvalue weighted by Gasteiger charge is -2.21. The molecule has 0 saturated carbocycles. The number of hydrogen-bond acceptors (Lipinski definition) is 5. The Kier molecular flexibility index (Phi) is 4.42. The van der Waals surface area contributed by atoms with Gasteiger partial charge in [-0.1, -0.05) is 13.3 Å². The van der Waals surface area contributed by atoms with Gasteiger partial charge in [0.1, 0.15) is 6.10 Å². The minimum Gasteiger partial charge on any atom is -0.385 e. The van der Waals surface area contributed by atoms with E-state index in [0.717, 1.165) is 6.92 Å². The number of aliphatic hydroxyl groups excluding tert-OH is 1. The van der Waals surface area contributed by atoms with Gasteiger partial charge in [0.15, 0.2) is 0 Å². The van der Waals surface area contributed by atoms with Crippen molar-refractivity contribution < 1.29 is 15.0 Å². The third kappa shape index (κ3) is 2.91. The monoisotopic (exact) mass is 206 g/mol. The van der Waals surface area contributed by atoms with Gasteiger partial charge in [-0.05, 0) is 6.42 Å². The van der Waals surface area contributed by atoms with Crippen molar-refractivity contribution in [2.75, 3.05) is 6.54 Å². The van der Waals surface area contributed by atoms with E-state index in [9.17, 15) is 25.3 Å². The minimum atomic E-state index is -1.89. The van der Waals surface area contributed by atoms with E-state index in [2.05, 4.69) is 0 Å². The molecule has 0 aromatic heterocycles. The fraction of sp³-hybridized carbons (Fsp3) is 1.00. The smallest absolute Gasteiger partial charge is 0.307 e. The lowest BCUT2D eigenvalue weighted by atomic mass is 9.92. The van der Waals surface area contributed by atoms with E-state index in [0.29, 0.717) is 6.42 Å². The molecule has 7 nitrogen and oxygen atoms in total. The summed E-state index contributed by atoms with van der Waals surface area (Å²) in [5.41, 5.74) is -1.89. The second kappa shape index (κ2) is 4.85. The van der Waals surface area contributed by atoms with Gasteiger partial charge in [0.25, 0.3) is 6.54 Å². The zero-order chi connectivity index (χ0) is 11.4. The summed E-state index contributed by atoms with van der Waals surface area (Å²) in [5, 5.41) is 30.3. The molecule has 0 bridgehead atoms. The predicted molar refractivity (Wildman–Crippen MR) is 48.2 cm³/mol. The number of nitrogens with zero attached hydrogens (tertiary/aromatic N) is 2. The molecular formula is C7H14N2O5. The van der Waals surface area contributed by atoms with E-state index < -0.39 is 28.0 Å². The van der Waals surface area contributed by atoms with Crippen molar-refractivity contribution in [3.05, 3.63) is 20.2 Å². The molecule has 0 aliphatic rings. The molecule has 0 aliphatic heterocycles. The first-order valence-corrected chi connectivity index (χ1v) is 4.29. The highest BCUT2D eigenvalue weighted by molar-refractivity contribution is 4.81.